The lowest BCUT2D eigenvalue weighted by Gasteiger charge is -2.31. The van der Waals surface area contributed by atoms with Crippen molar-refractivity contribution in [2.45, 2.75) is 10.9 Å². The lowest BCUT2D eigenvalue weighted by Crippen LogP contribution is -2.43. The second kappa shape index (κ2) is 4.87. The number of nitrogens with zero attached hydrogens (tertiary/aromatic N) is 1. The molecular formula is C12H19N3O2S. The topological polar surface area (TPSA) is 75.4 Å². The molecule has 0 saturated carbocycles. The van der Waals surface area contributed by atoms with E-state index in [1.807, 2.05) is 6.07 Å². The third-order valence-corrected chi connectivity index (χ3v) is 4.37. The summed E-state index contributed by atoms with van der Waals surface area (Å²) in [4.78, 5) is 2.44. The van der Waals surface area contributed by atoms with Crippen molar-refractivity contribution in [3.05, 3.63) is 23.8 Å². The fraction of sp³-hybridized carbons (Fsp3) is 0.500. The van der Waals surface area contributed by atoms with Gasteiger partial charge in [-0.05, 0) is 24.7 Å². The minimum atomic E-state index is -3.27. The zero-order chi connectivity index (χ0) is 13.3. The summed E-state index contributed by atoms with van der Waals surface area (Å²) in [6.45, 7) is 2.78. The highest BCUT2D eigenvalue weighted by Crippen LogP contribution is 2.24. The van der Waals surface area contributed by atoms with Crippen LogP contribution in [0.1, 0.15) is 11.6 Å². The number of hydrogen-bond donors (Lipinski definition) is 2. The molecule has 1 unspecified atom stereocenters. The Kier molecular flexibility index (Phi) is 3.61. The minimum Gasteiger partial charge on any atom is -0.398 e. The van der Waals surface area contributed by atoms with E-state index in [2.05, 4.69) is 17.3 Å². The molecule has 1 aliphatic rings. The number of hydrogen-bond acceptors (Lipinski definition) is 5. The summed E-state index contributed by atoms with van der Waals surface area (Å²) in [7, 11) is -1.22. The molecule has 1 aromatic rings. The lowest BCUT2D eigenvalue weighted by molar-refractivity contribution is 0.240. The molecular weight excluding hydrogens is 250 g/mol. The number of rotatable bonds is 2. The summed E-state index contributed by atoms with van der Waals surface area (Å²) < 4.78 is 23.3. The van der Waals surface area contributed by atoms with Crippen LogP contribution in [-0.4, -0.2) is 46.3 Å². The Bertz CT molecular complexity index is 542. The van der Waals surface area contributed by atoms with E-state index in [1.54, 1.807) is 12.1 Å². The number of nitrogens with one attached hydrogen (secondary N) is 1. The first-order valence-electron chi connectivity index (χ1n) is 5.89. The highest BCUT2D eigenvalue weighted by molar-refractivity contribution is 7.90. The van der Waals surface area contributed by atoms with Crippen molar-refractivity contribution in [3.8, 4) is 0 Å². The molecule has 100 valence electrons. The fourth-order valence-electron chi connectivity index (χ4n) is 2.21. The van der Waals surface area contributed by atoms with Crippen LogP contribution in [0.4, 0.5) is 5.69 Å². The van der Waals surface area contributed by atoms with Crippen molar-refractivity contribution in [2.24, 2.45) is 0 Å². The van der Waals surface area contributed by atoms with E-state index in [1.165, 1.54) is 6.26 Å². The number of benzene rings is 1. The second-order valence-corrected chi connectivity index (χ2v) is 6.82. The standard InChI is InChI=1S/C12H19N3O2S/c1-15-6-5-14-11(8-15)9-3-4-10(13)12(7-9)18(2,16)17/h3-4,7,11,14H,5-6,8,13H2,1-2H3. The molecule has 0 amide bonds. The lowest BCUT2D eigenvalue weighted by atomic mass is 10.0. The number of likely N-dealkylation sites (N-methyl/N-ethyl adjacent to an activating group) is 1. The molecule has 1 aliphatic heterocycles. The van der Waals surface area contributed by atoms with Gasteiger partial charge in [0.2, 0.25) is 0 Å². The fourth-order valence-corrected chi connectivity index (χ4v) is 3.06. The van der Waals surface area contributed by atoms with Crippen LogP contribution in [0.3, 0.4) is 0 Å². The molecule has 2 rings (SSSR count). The van der Waals surface area contributed by atoms with Gasteiger partial charge >= 0.3 is 0 Å². The highest BCUT2D eigenvalue weighted by Gasteiger charge is 2.20. The summed E-state index contributed by atoms with van der Waals surface area (Å²) in [5.41, 5.74) is 7.00. The third-order valence-electron chi connectivity index (χ3n) is 3.22. The Morgan fingerprint density at radius 1 is 1.44 bits per heavy atom. The van der Waals surface area contributed by atoms with Crippen LogP contribution in [0.5, 0.6) is 0 Å². The average molecular weight is 269 g/mol. The van der Waals surface area contributed by atoms with Crippen molar-refractivity contribution >= 4 is 15.5 Å². The van der Waals surface area contributed by atoms with E-state index in [-0.39, 0.29) is 10.9 Å². The largest absolute Gasteiger partial charge is 0.398 e. The van der Waals surface area contributed by atoms with Gasteiger partial charge in [-0.3, -0.25) is 0 Å². The number of sulfone groups is 1. The quantitative estimate of drug-likeness (QED) is 0.753. The number of anilines is 1. The maximum absolute atomic E-state index is 11.6. The van der Waals surface area contributed by atoms with Gasteiger partial charge in [-0.15, -0.1) is 0 Å². The molecule has 5 nitrogen and oxygen atoms in total. The van der Waals surface area contributed by atoms with Gasteiger partial charge in [0.15, 0.2) is 9.84 Å². The maximum Gasteiger partial charge on any atom is 0.177 e. The molecule has 0 aromatic heterocycles. The van der Waals surface area contributed by atoms with Crippen molar-refractivity contribution in [3.63, 3.8) is 0 Å². The van der Waals surface area contributed by atoms with Crippen LogP contribution >= 0.6 is 0 Å². The first kappa shape index (κ1) is 13.3. The van der Waals surface area contributed by atoms with Crippen LogP contribution < -0.4 is 11.1 Å². The van der Waals surface area contributed by atoms with E-state index < -0.39 is 9.84 Å². The van der Waals surface area contributed by atoms with Crippen LogP contribution in [0.15, 0.2) is 23.1 Å². The molecule has 18 heavy (non-hydrogen) atoms. The Labute approximate surface area is 108 Å². The van der Waals surface area contributed by atoms with Crippen LogP contribution in [0.25, 0.3) is 0 Å². The summed E-state index contributed by atoms with van der Waals surface area (Å²) in [5, 5.41) is 3.39. The van der Waals surface area contributed by atoms with Gasteiger partial charge in [0.25, 0.3) is 0 Å². The number of piperazine rings is 1. The summed E-state index contributed by atoms with van der Waals surface area (Å²) in [5.74, 6) is 0. The molecule has 6 heteroatoms. The van der Waals surface area contributed by atoms with E-state index in [9.17, 15) is 8.42 Å². The highest BCUT2D eigenvalue weighted by atomic mass is 32.2. The SMILES string of the molecule is CN1CCNC(c2ccc(N)c(S(C)(=O)=O)c2)C1. The molecule has 0 aliphatic carbocycles. The van der Waals surface area contributed by atoms with E-state index in [0.29, 0.717) is 5.69 Å². The molecule has 1 aromatic carbocycles. The van der Waals surface area contributed by atoms with Crippen molar-refractivity contribution in [2.75, 3.05) is 38.7 Å². The van der Waals surface area contributed by atoms with E-state index in [0.717, 1.165) is 25.2 Å². The first-order chi connectivity index (χ1) is 8.38. The van der Waals surface area contributed by atoms with E-state index >= 15 is 0 Å². The zero-order valence-corrected chi connectivity index (χ0v) is 11.5. The molecule has 3 N–H and O–H groups in total. The summed E-state index contributed by atoms with van der Waals surface area (Å²) >= 11 is 0. The molecule has 1 fully saturated rings. The minimum absolute atomic E-state index is 0.157. The van der Waals surface area contributed by atoms with Gasteiger partial charge in [-0.1, -0.05) is 6.07 Å². The Hall–Kier alpha value is -1.11. The molecule has 1 atom stereocenters. The van der Waals surface area contributed by atoms with Gasteiger partial charge in [-0.2, -0.15) is 0 Å². The molecule has 0 radical (unpaired) electrons. The molecule has 1 heterocycles. The van der Waals surface area contributed by atoms with Gasteiger partial charge in [0, 0.05) is 31.9 Å². The molecule has 1 saturated heterocycles. The van der Waals surface area contributed by atoms with Crippen LogP contribution in [0, 0.1) is 0 Å². The number of nitrogen functional groups attached to an aromatic ring is 1. The van der Waals surface area contributed by atoms with Crippen molar-refractivity contribution in [1.82, 2.24) is 10.2 Å². The molecule has 0 bridgehead atoms. The number of nitrogens with two attached hydrogens (primary N) is 1. The first-order valence-corrected chi connectivity index (χ1v) is 7.78. The maximum atomic E-state index is 11.6. The summed E-state index contributed by atoms with van der Waals surface area (Å²) in [6, 6.07) is 5.40. The smallest absolute Gasteiger partial charge is 0.177 e. The third kappa shape index (κ3) is 2.82. The Morgan fingerprint density at radius 3 is 2.78 bits per heavy atom. The Balaban J connectivity index is 2.35. The molecule has 0 spiro atoms. The van der Waals surface area contributed by atoms with Gasteiger partial charge in [0.1, 0.15) is 0 Å². The van der Waals surface area contributed by atoms with Crippen molar-refractivity contribution < 1.29 is 8.42 Å². The normalized spacial score (nSPS) is 22.0. The van der Waals surface area contributed by atoms with Gasteiger partial charge in [-0.25, -0.2) is 8.42 Å². The Morgan fingerprint density at radius 2 is 2.17 bits per heavy atom. The van der Waals surface area contributed by atoms with Crippen LogP contribution in [-0.2, 0) is 9.84 Å². The monoisotopic (exact) mass is 269 g/mol. The van der Waals surface area contributed by atoms with E-state index in [4.69, 9.17) is 5.73 Å². The van der Waals surface area contributed by atoms with Crippen molar-refractivity contribution in [1.29, 1.82) is 0 Å². The van der Waals surface area contributed by atoms with Gasteiger partial charge < -0.3 is 16.0 Å². The zero-order valence-electron chi connectivity index (χ0n) is 10.7. The second-order valence-electron chi connectivity index (χ2n) is 4.84. The predicted molar refractivity (Wildman–Crippen MR) is 72.2 cm³/mol. The predicted octanol–water partition coefficient (Wildman–Crippen LogP) is 0.248. The summed E-state index contributed by atoms with van der Waals surface area (Å²) in [6.07, 6.45) is 1.18. The van der Waals surface area contributed by atoms with Crippen LogP contribution in [0.2, 0.25) is 0 Å². The van der Waals surface area contributed by atoms with Gasteiger partial charge in [0.05, 0.1) is 10.6 Å². The average Bonchev–Trinajstić information content (AvgIpc) is 2.28.